The van der Waals surface area contributed by atoms with E-state index in [-0.39, 0.29) is 24.4 Å². The Balaban J connectivity index is 1.65. The van der Waals surface area contributed by atoms with E-state index in [9.17, 15) is 0 Å². The van der Waals surface area contributed by atoms with Crippen LogP contribution in [0.2, 0.25) is 0 Å². The van der Waals surface area contributed by atoms with Crippen LogP contribution in [-0.2, 0) is 14.2 Å². The van der Waals surface area contributed by atoms with Crippen LogP contribution in [0.15, 0.2) is 35.9 Å². The molecule has 1 aromatic rings. The summed E-state index contributed by atoms with van der Waals surface area (Å²) in [6.45, 7) is 1.40. The third-order valence-corrected chi connectivity index (χ3v) is 3.52. The Hall–Kier alpha value is -1.16. The average molecular weight is 230 g/mol. The van der Waals surface area contributed by atoms with Crippen molar-refractivity contribution >= 4 is 6.08 Å². The monoisotopic (exact) mass is 230 g/mol. The number of fused-ring (bicyclic) bond motifs is 2. The smallest absolute Gasteiger partial charge is 0.112 e. The van der Waals surface area contributed by atoms with E-state index < -0.39 is 0 Å². The van der Waals surface area contributed by atoms with Crippen molar-refractivity contribution < 1.29 is 14.2 Å². The molecule has 0 aromatic heterocycles. The Bertz CT molecular complexity index is 434. The predicted octanol–water partition coefficient (Wildman–Crippen LogP) is 1.64. The molecule has 88 valence electrons. The normalized spacial score (nSPS) is 38.5. The number of hydrogen-bond acceptors (Lipinski definition) is 3. The number of hydrogen-bond donors (Lipinski definition) is 0. The standard InChI is InChI=1S/C14H14O3/c1-2-4-9(5-3-1)6-10-13-11(16-13)7-15-8-12-14(10)17-12/h1-6,11-14H,7-8H2. The second-order valence-electron chi connectivity index (χ2n) is 4.78. The van der Waals surface area contributed by atoms with E-state index in [2.05, 4.69) is 30.3 Å². The summed E-state index contributed by atoms with van der Waals surface area (Å²) in [6.07, 6.45) is 3.13. The van der Waals surface area contributed by atoms with Crippen LogP contribution in [0.3, 0.4) is 0 Å². The van der Waals surface area contributed by atoms with Crippen molar-refractivity contribution in [2.75, 3.05) is 13.2 Å². The van der Waals surface area contributed by atoms with Gasteiger partial charge in [0.2, 0.25) is 0 Å². The quantitative estimate of drug-likeness (QED) is 0.688. The zero-order valence-corrected chi connectivity index (χ0v) is 9.41. The molecule has 0 amide bonds. The minimum absolute atomic E-state index is 0.213. The molecular formula is C14H14O3. The summed E-state index contributed by atoms with van der Waals surface area (Å²) >= 11 is 0. The van der Waals surface area contributed by atoms with Gasteiger partial charge in [0.1, 0.15) is 24.4 Å². The van der Waals surface area contributed by atoms with Gasteiger partial charge in [0.05, 0.1) is 13.2 Å². The van der Waals surface area contributed by atoms with E-state index in [1.54, 1.807) is 0 Å². The fourth-order valence-electron chi connectivity index (χ4n) is 2.49. The molecule has 0 bridgehead atoms. The highest BCUT2D eigenvalue weighted by Gasteiger charge is 2.54. The second-order valence-corrected chi connectivity index (χ2v) is 4.78. The summed E-state index contributed by atoms with van der Waals surface area (Å²) in [5, 5.41) is 0. The predicted molar refractivity (Wildman–Crippen MR) is 62.6 cm³/mol. The second kappa shape index (κ2) is 3.67. The highest BCUT2D eigenvalue weighted by Crippen LogP contribution is 2.42. The SMILES string of the molecule is C(=C1C2OC2COCC2OC12)c1ccccc1. The number of rotatable bonds is 1. The maximum absolute atomic E-state index is 5.65. The van der Waals surface area contributed by atoms with E-state index in [0.29, 0.717) is 13.2 Å². The fourth-order valence-corrected chi connectivity index (χ4v) is 2.49. The van der Waals surface area contributed by atoms with Crippen molar-refractivity contribution in [1.29, 1.82) is 0 Å². The molecule has 17 heavy (non-hydrogen) atoms. The lowest BCUT2D eigenvalue weighted by atomic mass is 10.0. The van der Waals surface area contributed by atoms with E-state index in [1.807, 2.05) is 6.07 Å². The van der Waals surface area contributed by atoms with Crippen LogP contribution in [0.1, 0.15) is 5.56 Å². The Kier molecular flexibility index (Phi) is 2.12. The molecule has 3 saturated heterocycles. The summed E-state index contributed by atoms with van der Waals surface area (Å²) in [5.41, 5.74) is 2.50. The molecule has 0 radical (unpaired) electrons. The van der Waals surface area contributed by atoms with Gasteiger partial charge in [0, 0.05) is 0 Å². The molecule has 0 saturated carbocycles. The van der Waals surface area contributed by atoms with Crippen molar-refractivity contribution in [3.8, 4) is 0 Å². The molecule has 4 unspecified atom stereocenters. The molecule has 3 aliphatic rings. The van der Waals surface area contributed by atoms with Gasteiger partial charge in [-0.3, -0.25) is 0 Å². The van der Waals surface area contributed by atoms with E-state index in [0.717, 1.165) is 0 Å². The van der Waals surface area contributed by atoms with Crippen LogP contribution in [0.25, 0.3) is 6.08 Å². The Morgan fingerprint density at radius 1 is 0.941 bits per heavy atom. The largest absolute Gasteiger partial charge is 0.376 e. The number of epoxide rings is 2. The van der Waals surface area contributed by atoms with Crippen LogP contribution in [-0.4, -0.2) is 37.6 Å². The summed E-state index contributed by atoms with van der Waals surface area (Å²) in [7, 11) is 0. The van der Waals surface area contributed by atoms with Gasteiger partial charge < -0.3 is 14.2 Å². The Morgan fingerprint density at radius 3 is 2.24 bits per heavy atom. The first-order valence-electron chi connectivity index (χ1n) is 6.07. The van der Waals surface area contributed by atoms with Gasteiger partial charge in [-0.1, -0.05) is 36.4 Å². The maximum Gasteiger partial charge on any atom is 0.112 e. The summed E-state index contributed by atoms with van der Waals surface area (Å²) in [6, 6.07) is 10.3. The van der Waals surface area contributed by atoms with Crippen molar-refractivity contribution in [2.24, 2.45) is 0 Å². The molecule has 4 atom stereocenters. The van der Waals surface area contributed by atoms with Crippen LogP contribution >= 0.6 is 0 Å². The van der Waals surface area contributed by atoms with Crippen LogP contribution in [0.5, 0.6) is 0 Å². The number of benzene rings is 1. The minimum atomic E-state index is 0.213. The van der Waals surface area contributed by atoms with Gasteiger partial charge >= 0.3 is 0 Å². The Labute approximate surface area is 100.0 Å². The molecule has 3 fully saturated rings. The fraction of sp³-hybridized carbons (Fsp3) is 0.429. The van der Waals surface area contributed by atoms with Gasteiger partial charge in [-0.05, 0) is 11.1 Å². The van der Waals surface area contributed by atoms with Gasteiger partial charge in [0.15, 0.2) is 0 Å². The summed E-state index contributed by atoms with van der Waals surface area (Å²) in [5.74, 6) is 0. The van der Waals surface area contributed by atoms with Crippen molar-refractivity contribution in [3.63, 3.8) is 0 Å². The minimum Gasteiger partial charge on any atom is -0.376 e. The molecule has 3 heterocycles. The van der Waals surface area contributed by atoms with Crippen LogP contribution in [0.4, 0.5) is 0 Å². The molecule has 0 spiro atoms. The maximum atomic E-state index is 5.65. The molecule has 3 aliphatic heterocycles. The molecule has 4 rings (SSSR count). The zero-order valence-electron chi connectivity index (χ0n) is 9.41. The molecule has 3 heteroatoms. The summed E-state index contributed by atoms with van der Waals surface area (Å²) in [4.78, 5) is 0. The molecule has 3 nitrogen and oxygen atoms in total. The van der Waals surface area contributed by atoms with Crippen molar-refractivity contribution in [1.82, 2.24) is 0 Å². The highest BCUT2D eigenvalue weighted by molar-refractivity contribution is 5.57. The first kappa shape index (κ1) is 9.83. The molecule has 1 aromatic carbocycles. The van der Waals surface area contributed by atoms with E-state index >= 15 is 0 Å². The summed E-state index contributed by atoms with van der Waals surface area (Å²) < 4.78 is 16.8. The lowest BCUT2D eigenvalue weighted by Gasteiger charge is -2.05. The van der Waals surface area contributed by atoms with Crippen LogP contribution < -0.4 is 0 Å². The highest BCUT2D eigenvalue weighted by atomic mass is 16.7. The lowest BCUT2D eigenvalue weighted by molar-refractivity contribution is 0.102. The number of ether oxygens (including phenoxy) is 3. The van der Waals surface area contributed by atoms with Crippen molar-refractivity contribution in [3.05, 3.63) is 41.5 Å². The first-order valence-corrected chi connectivity index (χ1v) is 6.07. The van der Waals surface area contributed by atoms with E-state index in [1.165, 1.54) is 11.1 Å². The Morgan fingerprint density at radius 2 is 1.59 bits per heavy atom. The van der Waals surface area contributed by atoms with Gasteiger partial charge in [-0.25, -0.2) is 0 Å². The third-order valence-electron chi connectivity index (χ3n) is 3.52. The molecule has 0 aliphatic carbocycles. The van der Waals surface area contributed by atoms with Gasteiger partial charge in [-0.15, -0.1) is 0 Å². The molecular weight excluding hydrogens is 216 g/mol. The van der Waals surface area contributed by atoms with Crippen LogP contribution in [0, 0.1) is 0 Å². The van der Waals surface area contributed by atoms with Gasteiger partial charge in [-0.2, -0.15) is 0 Å². The first-order chi connectivity index (χ1) is 8.42. The van der Waals surface area contributed by atoms with E-state index in [4.69, 9.17) is 14.2 Å². The third kappa shape index (κ3) is 1.80. The molecule has 0 N–H and O–H groups in total. The van der Waals surface area contributed by atoms with Gasteiger partial charge in [0.25, 0.3) is 0 Å². The van der Waals surface area contributed by atoms with Crippen molar-refractivity contribution in [2.45, 2.75) is 24.4 Å². The average Bonchev–Trinajstić information content (AvgIpc) is 3.24. The lowest BCUT2D eigenvalue weighted by Crippen LogP contribution is -2.18. The topological polar surface area (TPSA) is 34.3 Å². The zero-order chi connectivity index (χ0) is 11.2.